The fraction of sp³-hybridized carbons (Fsp3) is 0.333. The Bertz CT molecular complexity index is 1170. The summed E-state index contributed by atoms with van der Waals surface area (Å²) in [6.07, 6.45) is 2.09. The Hall–Kier alpha value is -2.55. The van der Waals surface area contributed by atoms with Gasteiger partial charge in [0.15, 0.2) is 0 Å². The number of carbonyl (C=O) groups excluding carboxylic acids is 1. The van der Waals surface area contributed by atoms with Gasteiger partial charge in [0.05, 0.1) is 10.8 Å². The molecule has 1 aromatic heterocycles. The molecule has 0 atom stereocenters. The molecule has 0 spiro atoms. The van der Waals surface area contributed by atoms with Gasteiger partial charge in [-0.15, -0.1) is 11.3 Å². The van der Waals surface area contributed by atoms with Crippen molar-refractivity contribution < 1.29 is 13.2 Å². The number of benzene rings is 2. The van der Waals surface area contributed by atoms with Gasteiger partial charge in [0.25, 0.3) is 5.91 Å². The molecule has 0 saturated carbocycles. The summed E-state index contributed by atoms with van der Waals surface area (Å²) in [5.74, 6) is 0.147. The first-order chi connectivity index (χ1) is 15.5. The predicted molar refractivity (Wildman–Crippen MR) is 130 cm³/mol. The first-order valence-corrected chi connectivity index (χ1v) is 13.4. The number of amides is 1. The first kappa shape index (κ1) is 22.6. The van der Waals surface area contributed by atoms with Gasteiger partial charge < -0.3 is 5.32 Å². The van der Waals surface area contributed by atoms with Crippen molar-refractivity contribution in [3.8, 4) is 11.1 Å². The Kier molecular flexibility index (Phi) is 7.03. The summed E-state index contributed by atoms with van der Waals surface area (Å²) < 4.78 is 26.2. The van der Waals surface area contributed by atoms with E-state index in [4.69, 9.17) is 0 Å². The Morgan fingerprint density at radius 1 is 1.09 bits per heavy atom. The summed E-state index contributed by atoms with van der Waals surface area (Å²) in [7, 11) is -3.16. The second-order valence-corrected chi connectivity index (χ2v) is 10.9. The molecule has 1 saturated heterocycles. The molecule has 32 heavy (non-hydrogen) atoms. The van der Waals surface area contributed by atoms with E-state index in [1.807, 2.05) is 61.5 Å². The molecule has 168 valence electrons. The molecule has 2 heterocycles. The van der Waals surface area contributed by atoms with E-state index in [9.17, 15) is 13.2 Å². The third-order valence-electron chi connectivity index (χ3n) is 5.67. The molecule has 0 aliphatic carbocycles. The summed E-state index contributed by atoms with van der Waals surface area (Å²) in [6.45, 7) is 2.90. The number of hydrogen-bond donors (Lipinski definition) is 1. The Morgan fingerprint density at radius 3 is 2.50 bits per heavy atom. The molecule has 0 bridgehead atoms. The fourth-order valence-electron chi connectivity index (χ4n) is 4.00. The second-order valence-electron chi connectivity index (χ2n) is 7.93. The molecular formula is C24H27N3O3S2. The Balaban J connectivity index is 1.43. The van der Waals surface area contributed by atoms with Crippen molar-refractivity contribution >= 4 is 33.0 Å². The lowest BCUT2D eigenvalue weighted by atomic mass is 9.99. The van der Waals surface area contributed by atoms with E-state index in [0.29, 0.717) is 25.2 Å². The number of thiazole rings is 1. The maximum Gasteiger partial charge on any atom is 0.275 e. The largest absolute Gasteiger partial charge is 0.320 e. The molecule has 1 N–H and O–H groups in total. The smallest absolute Gasteiger partial charge is 0.275 e. The van der Waals surface area contributed by atoms with E-state index in [0.717, 1.165) is 34.7 Å². The molecule has 3 aromatic rings. The fourth-order valence-corrected chi connectivity index (χ4v) is 6.51. The van der Waals surface area contributed by atoms with Gasteiger partial charge in [-0.2, -0.15) is 0 Å². The highest BCUT2D eigenvalue weighted by molar-refractivity contribution is 7.89. The second kappa shape index (κ2) is 9.94. The van der Waals surface area contributed by atoms with Crippen molar-refractivity contribution in [3.05, 3.63) is 70.7 Å². The highest BCUT2D eigenvalue weighted by atomic mass is 32.2. The number of hydrogen-bond acceptors (Lipinski definition) is 5. The number of sulfonamides is 1. The van der Waals surface area contributed by atoms with E-state index in [2.05, 4.69) is 10.3 Å². The highest BCUT2D eigenvalue weighted by Crippen LogP contribution is 2.32. The maximum absolute atomic E-state index is 12.9. The third kappa shape index (κ3) is 5.09. The monoisotopic (exact) mass is 469 g/mol. The average Bonchev–Trinajstić information content (AvgIpc) is 3.31. The summed E-state index contributed by atoms with van der Waals surface area (Å²) in [5.41, 5.74) is 3.13. The highest BCUT2D eigenvalue weighted by Gasteiger charge is 2.29. The molecule has 4 rings (SSSR count). The number of nitrogens with one attached hydrogen (secondary N) is 1. The van der Waals surface area contributed by atoms with Crippen LogP contribution in [0.15, 0.2) is 60.0 Å². The van der Waals surface area contributed by atoms with E-state index in [1.54, 1.807) is 9.69 Å². The molecular weight excluding hydrogens is 442 g/mol. The van der Waals surface area contributed by atoms with E-state index in [-0.39, 0.29) is 17.6 Å². The van der Waals surface area contributed by atoms with Crippen LogP contribution in [-0.4, -0.2) is 42.5 Å². The normalized spacial score (nSPS) is 15.5. The number of anilines is 1. The minimum atomic E-state index is -3.16. The number of para-hydroxylation sites is 1. The van der Waals surface area contributed by atoms with Gasteiger partial charge in [-0.05, 0) is 30.9 Å². The lowest BCUT2D eigenvalue weighted by Crippen LogP contribution is -2.39. The molecule has 1 aliphatic heterocycles. The molecule has 6 nitrogen and oxygen atoms in total. The number of piperidine rings is 1. The predicted octanol–water partition coefficient (Wildman–Crippen LogP) is 4.98. The molecule has 1 aliphatic rings. The lowest BCUT2D eigenvalue weighted by molar-refractivity contribution is 0.102. The third-order valence-corrected chi connectivity index (χ3v) is 8.76. The van der Waals surface area contributed by atoms with Crippen LogP contribution in [0.4, 0.5) is 5.69 Å². The molecule has 8 heteroatoms. The topological polar surface area (TPSA) is 79.4 Å². The van der Waals surface area contributed by atoms with Crippen LogP contribution in [0, 0.1) is 0 Å². The van der Waals surface area contributed by atoms with Crippen molar-refractivity contribution in [1.29, 1.82) is 0 Å². The standard InChI is InChI=1S/C24H27N3O3S2/c1-2-16-32(29,30)27-14-12-19(13-15-27)24-26-22(17-31-24)23(28)25-21-11-7-6-10-20(21)18-8-4-3-5-9-18/h3-11,17,19H,2,12-16H2,1H3,(H,25,28). The van der Waals surface area contributed by atoms with E-state index < -0.39 is 10.0 Å². The minimum Gasteiger partial charge on any atom is -0.320 e. The number of nitrogens with zero attached hydrogens (tertiary/aromatic N) is 2. The summed E-state index contributed by atoms with van der Waals surface area (Å²) in [4.78, 5) is 17.5. The first-order valence-electron chi connectivity index (χ1n) is 10.9. The summed E-state index contributed by atoms with van der Waals surface area (Å²) >= 11 is 1.47. The van der Waals surface area contributed by atoms with E-state index >= 15 is 0 Å². The number of carbonyl (C=O) groups is 1. The van der Waals surface area contributed by atoms with Crippen molar-refractivity contribution in [3.63, 3.8) is 0 Å². The van der Waals surface area contributed by atoms with Gasteiger partial charge in [-0.25, -0.2) is 17.7 Å². The van der Waals surface area contributed by atoms with Gasteiger partial charge in [0.1, 0.15) is 5.69 Å². The quantitative estimate of drug-likeness (QED) is 0.529. The van der Waals surface area contributed by atoms with Crippen molar-refractivity contribution in [1.82, 2.24) is 9.29 Å². The van der Waals surface area contributed by atoms with Gasteiger partial charge in [-0.1, -0.05) is 55.5 Å². The Morgan fingerprint density at radius 2 is 1.78 bits per heavy atom. The summed E-state index contributed by atoms with van der Waals surface area (Å²) in [5, 5.41) is 5.69. The number of rotatable bonds is 7. The molecule has 2 aromatic carbocycles. The van der Waals surface area contributed by atoms with Crippen molar-refractivity contribution in [2.24, 2.45) is 0 Å². The Labute approximate surface area is 193 Å². The van der Waals surface area contributed by atoms with Crippen LogP contribution >= 0.6 is 11.3 Å². The van der Waals surface area contributed by atoms with Gasteiger partial charge in [0.2, 0.25) is 10.0 Å². The van der Waals surface area contributed by atoms with Crippen LogP contribution in [0.1, 0.15) is 47.6 Å². The molecule has 0 radical (unpaired) electrons. The zero-order chi connectivity index (χ0) is 22.6. The number of aromatic nitrogens is 1. The minimum absolute atomic E-state index is 0.186. The van der Waals surface area contributed by atoms with Gasteiger partial charge in [0, 0.05) is 35.6 Å². The van der Waals surface area contributed by atoms with Crippen molar-refractivity contribution in [2.75, 3.05) is 24.2 Å². The van der Waals surface area contributed by atoms with Crippen LogP contribution < -0.4 is 5.32 Å². The van der Waals surface area contributed by atoms with Crippen LogP contribution in [0.3, 0.4) is 0 Å². The maximum atomic E-state index is 12.9. The van der Waals surface area contributed by atoms with E-state index in [1.165, 1.54) is 11.3 Å². The SMILES string of the molecule is CCCS(=O)(=O)N1CCC(c2nc(C(=O)Nc3ccccc3-c3ccccc3)cs2)CC1. The van der Waals surface area contributed by atoms with Crippen molar-refractivity contribution in [2.45, 2.75) is 32.1 Å². The summed E-state index contributed by atoms with van der Waals surface area (Å²) in [6, 6.07) is 17.7. The van der Waals surface area contributed by atoms with Crippen LogP contribution in [0.25, 0.3) is 11.1 Å². The zero-order valence-corrected chi connectivity index (χ0v) is 19.7. The van der Waals surface area contributed by atoms with Crippen LogP contribution in [0.2, 0.25) is 0 Å². The van der Waals surface area contributed by atoms with Gasteiger partial charge >= 0.3 is 0 Å². The molecule has 1 fully saturated rings. The van der Waals surface area contributed by atoms with Crippen LogP contribution in [0.5, 0.6) is 0 Å². The molecule has 0 unspecified atom stereocenters. The molecule has 1 amide bonds. The zero-order valence-electron chi connectivity index (χ0n) is 18.0. The lowest BCUT2D eigenvalue weighted by Gasteiger charge is -2.30. The van der Waals surface area contributed by atoms with Gasteiger partial charge in [-0.3, -0.25) is 4.79 Å². The van der Waals surface area contributed by atoms with Crippen LogP contribution in [-0.2, 0) is 10.0 Å². The average molecular weight is 470 g/mol.